The zero-order valence-electron chi connectivity index (χ0n) is 17.3. The molecule has 1 aromatic rings. The number of likely N-dealkylation sites (tertiary alicyclic amines) is 2. The molecule has 5 heteroatoms. The van der Waals surface area contributed by atoms with Gasteiger partial charge in [-0.1, -0.05) is 36.8 Å². The van der Waals surface area contributed by atoms with Crippen molar-refractivity contribution in [3.05, 3.63) is 35.9 Å². The number of rotatable bonds is 5. The minimum atomic E-state index is -0.149. The van der Waals surface area contributed by atoms with Crippen LogP contribution >= 0.6 is 0 Å². The molecule has 0 aromatic heterocycles. The summed E-state index contributed by atoms with van der Waals surface area (Å²) in [5, 5.41) is 3.30. The Morgan fingerprint density at radius 2 is 1.83 bits per heavy atom. The lowest BCUT2D eigenvalue weighted by molar-refractivity contribution is -0.131. The normalized spacial score (nSPS) is 32.8. The zero-order chi connectivity index (χ0) is 19.8. The number of benzene rings is 1. The van der Waals surface area contributed by atoms with Crippen LogP contribution in [0.25, 0.3) is 0 Å². The van der Waals surface area contributed by atoms with Crippen molar-refractivity contribution < 1.29 is 9.59 Å². The molecule has 1 N–H and O–H groups in total. The van der Waals surface area contributed by atoms with Crippen molar-refractivity contribution >= 4 is 11.8 Å². The van der Waals surface area contributed by atoms with Crippen molar-refractivity contribution in [2.24, 2.45) is 17.8 Å². The number of hydrogen-bond donors (Lipinski definition) is 1. The number of piperidine rings is 1. The van der Waals surface area contributed by atoms with Gasteiger partial charge >= 0.3 is 0 Å². The average molecular weight is 396 g/mol. The first-order valence-corrected chi connectivity index (χ1v) is 11.5. The largest absolute Gasteiger partial charge is 0.353 e. The van der Waals surface area contributed by atoms with Gasteiger partial charge in [0, 0.05) is 44.7 Å². The Bertz CT molecular complexity index is 744. The van der Waals surface area contributed by atoms with Gasteiger partial charge in [0.15, 0.2) is 0 Å². The molecule has 2 aliphatic carbocycles. The molecule has 2 bridgehead atoms. The van der Waals surface area contributed by atoms with E-state index < -0.39 is 0 Å². The molecule has 2 heterocycles. The maximum Gasteiger partial charge on any atom is 0.225 e. The van der Waals surface area contributed by atoms with E-state index in [0.29, 0.717) is 31.0 Å². The molecular weight excluding hydrogens is 362 g/mol. The number of nitrogens with zero attached hydrogens (tertiary/aromatic N) is 2. The van der Waals surface area contributed by atoms with E-state index in [-0.39, 0.29) is 17.7 Å². The standard InChI is InChI=1S/C24H33N3O2/c28-23-14-20(24(29)25-22-13-18-6-7-19(22)12-18)16-27(23)21-8-10-26(11-9-21)15-17-4-2-1-3-5-17/h1-5,18-22H,6-16H2,(H,25,29)/t18-,19-,20+,22+/m0/s1. The Morgan fingerprint density at radius 1 is 1.03 bits per heavy atom. The molecule has 2 saturated carbocycles. The monoisotopic (exact) mass is 395 g/mol. The molecule has 1 aromatic carbocycles. The summed E-state index contributed by atoms with van der Waals surface area (Å²) in [7, 11) is 0. The van der Waals surface area contributed by atoms with Gasteiger partial charge in [0.05, 0.1) is 5.92 Å². The highest BCUT2D eigenvalue weighted by atomic mass is 16.2. The highest BCUT2D eigenvalue weighted by molar-refractivity contribution is 5.89. The predicted octanol–water partition coefficient (Wildman–Crippen LogP) is 2.80. The van der Waals surface area contributed by atoms with E-state index in [1.54, 1.807) is 0 Å². The fraction of sp³-hybridized carbons (Fsp3) is 0.667. The first-order chi connectivity index (χ1) is 14.2. The molecule has 4 fully saturated rings. The smallest absolute Gasteiger partial charge is 0.225 e. The van der Waals surface area contributed by atoms with Crippen LogP contribution in [-0.2, 0) is 16.1 Å². The third-order valence-corrected chi connectivity index (χ3v) is 7.84. The molecule has 5 nitrogen and oxygen atoms in total. The van der Waals surface area contributed by atoms with Gasteiger partial charge in [0.1, 0.15) is 0 Å². The number of hydrogen-bond acceptors (Lipinski definition) is 3. The van der Waals surface area contributed by atoms with Crippen molar-refractivity contribution in [3.63, 3.8) is 0 Å². The lowest BCUT2D eigenvalue weighted by Gasteiger charge is -2.37. The van der Waals surface area contributed by atoms with Gasteiger partial charge in [-0.3, -0.25) is 14.5 Å². The number of nitrogens with one attached hydrogen (secondary N) is 1. The van der Waals surface area contributed by atoms with Crippen LogP contribution < -0.4 is 5.32 Å². The molecular formula is C24H33N3O2. The van der Waals surface area contributed by atoms with Crippen molar-refractivity contribution in [2.75, 3.05) is 19.6 Å². The molecule has 2 amide bonds. The van der Waals surface area contributed by atoms with Crippen LogP contribution in [0.2, 0.25) is 0 Å². The minimum absolute atomic E-state index is 0.125. The van der Waals surface area contributed by atoms with Gasteiger partial charge in [-0.15, -0.1) is 0 Å². The lowest BCUT2D eigenvalue weighted by atomic mass is 9.94. The Balaban J connectivity index is 1.11. The third-order valence-electron chi connectivity index (χ3n) is 7.84. The molecule has 0 spiro atoms. The molecule has 2 saturated heterocycles. The summed E-state index contributed by atoms with van der Waals surface area (Å²) in [6.07, 6.45) is 7.49. The van der Waals surface area contributed by atoms with Crippen LogP contribution in [0.1, 0.15) is 50.5 Å². The van der Waals surface area contributed by atoms with Crippen molar-refractivity contribution in [1.82, 2.24) is 15.1 Å². The first-order valence-electron chi connectivity index (χ1n) is 11.5. The highest BCUT2D eigenvalue weighted by Crippen LogP contribution is 2.44. The molecule has 0 radical (unpaired) electrons. The van der Waals surface area contributed by atoms with Crippen LogP contribution in [0.4, 0.5) is 0 Å². The van der Waals surface area contributed by atoms with E-state index in [2.05, 4.69) is 40.5 Å². The van der Waals surface area contributed by atoms with E-state index in [1.165, 1.54) is 24.8 Å². The second-order valence-corrected chi connectivity index (χ2v) is 9.73. The van der Waals surface area contributed by atoms with Crippen LogP contribution in [-0.4, -0.2) is 53.3 Å². The Hall–Kier alpha value is -1.88. The van der Waals surface area contributed by atoms with E-state index in [9.17, 15) is 9.59 Å². The predicted molar refractivity (Wildman–Crippen MR) is 112 cm³/mol. The molecule has 29 heavy (non-hydrogen) atoms. The van der Waals surface area contributed by atoms with Crippen molar-refractivity contribution in [3.8, 4) is 0 Å². The maximum absolute atomic E-state index is 12.8. The molecule has 4 atom stereocenters. The number of amides is 2. The fourth-order valence-corrected chi connectivity index (χ4v) is 6.21. The summed E-state index contributed by atoms with van der Waals surface area (Å²) in [5.74, 6) is 1.67. The molecule has 156 valence electrons. The van der Waals surface area contributed by atoms with Gasteiger partial charge in [0.25, 0.3) is 0 Å². The summed E-state index contributed by atoms with van der Waals surface area (Å²) in [4.78, 5) is 30.0. The minimum Gasteiger partial charge on any atom is -0.353 e. The topological polar surface area (TPSA) is 52.7 Å². The van der Waals surface area contributed by atoms with E-state index in [4.69, 9.17) is 0 Å². The fourth-order valence-electron chi connectivity index (χ4n) is 6.21. The second-order valence-electron chi connectivity index (χ2n) is 9.73. The molecule has 0 unspecified atom stereocenters. The summed E-state index contributed by atoms with van der Waals surface area (Å²) >= 11 is 0. The highest BCUT2D eigenvalue weighted by Gasteiger charge is 2.43. The Labute approximate surface area is 173 Å². The summed E-state index contributed by atoms with van der Waals surface area (Å²) in [6.45, 7) is 3.64. The molecule has 2 aliphatic heterocycles. The Morgan fingerprint density at radius 3 is 2.52 bits per heavy atom. The maximum atomic E-state index is 12.8. The van der Waals surface area contributed by atoms with Gasteiger partial charge in [-0.05, 0) is 49.5 Å². The SMILES string of the molecule is O=C(N[C@@H]1C[C@H]2CC[C@H]1C2)[C@@H]1CC(=O)N(C2CCN(Cc3ccccc3)CC2)C1. The van der Waals surface area contributed by atoms with Crippen LogP contribution in [0, 0.1) is 17.8 Å². The van der Waals surface area contributed by atoms with Crippen molar-refractivity contribution in [1.29, 1.82) is 0 Å². The van der Waals surface area contributed by atoms with E-state index >= 15 is 0 Å². The van der Waals surface area contributed by atoms with Crippen LogP contribution in [0.3, 0.4) is 0 Å². The Kier molecular flexibility index (Phi) is 5.33. The summed E-state index contributed by atoms with van der Waals surface area (Å²) < 4.78 is 0. The van der Waals surface area contributed by atoms with Crippen LogP contribution in [0.5, 0.6) is 0 Å². The van der Waals surface area contributed by atoms with Crippen molar-refractivity contribution in [2.45, 2.75) is 63.6 Å². The number of carbonyl (C=O) groups is 2. The van der Waals surface area contributed by atoms with Crippen LogP contribution in [0.15, 0.2) is 30.3 Å². The molecule has 4 aliphatic rings. The number of carbonyl (C=O) groups excluding carboxylic acids is 2. The second kappa shape index (κ2) is 8.10. The van der Waals surface area contributed by atoms with Gasteiger partial charge < -0.3 is 10.2 Å². The summed E-state index contributed by atoms with van der Waals surface area (Å²) in [5.41, 5.74) is 1.35. The lowest BCUT2D eigenvalue weighted by Crippen LogP contribution is -2.46. The van der Waals surface area contributed by atoms with Gasteiger partial charge in [-0.25, -0.2) is 0 Å². The van der Waals surface area contributed by atoms with E-state index in [1.807, 2.05) is 4.90 Å². The summed E-state index contributed by atoms with van der Waals surface area (Å²) in [6, 6.07) is 11.3. The van der Waals surface area contributed by atoms with E-state index in [0.717, 1.165) is 44.8 Å². The third kappa shape index (κ3) is 4.07. The molecule has 5 rings (SSSR count). The first kappa shape index (κ1) is 19.1. The van der Waals surface area contributed by atoms with Gasteiger partial charge in [-0.2, -0.15) is 0 Å². The number of fused-ring (bicyclic) bond motifs is 2. The zero-order valence-corrected chi connectivity index (χ0v) is 17.3. The average Bonchev–Trinajstić information content (AvgIpc) is 3.45. The quantitative estimate of drug-likeness (QED) is 0.834. The van der Waals surface area contributed by atoms with Gasteiger partial charge in [0.2, 0.25) is 11.8 Å².